The molecule has 1 heterocycles. The van der Waals surface area contributed by atoms with Gasteiger partial charge in [-0.05, 0) is 23.3 Å². The van der Waals surface area contributed by atoms with E-state index in [1.165, 1.54) is 0 Å². The number of amides is 1. The first-order chi connectivity index (χ1) is 11.7. The normalized spacial score (nSPS) is 16.4. The molecule has 2 aromatic rings. The number of halogens is 1. The predicted octanol–water partition coefficient (Wildman–Crippen LogP) is 3.58. The molecule has 0 radical (unpaired) electrons. The highest BCUT2D eigenvalue weighted by molar-refractivity contribution is 9.10. The van der Waals surface area contributed by atoms with E-state index in [1.54, 1.807) is 0 Å². The van der Waals surface area contributed by atoms with E-state index in [9.17, 15) is 4.79 Å². The van der Waals surface area contributed by atoms with Crippen molar-refractivity contribution in [2.24, 2.45) is 0 Å². The van der Waals surface area contributed by atoms with Crippen LogP contribution in [-0.4, -0.2) is 26.1 Å². The molecule has 3 rings (SSSR count). The molecule has 0 aromatic heterocycles. The molecule has 5 nitrogen and oxygen atoms in total. The first-order valence-corrected chi connectivity index (χ1v) is 8.38. The SMILES string of the molecule is O=C(NC1(c2ccc(Br)cc2)COCOC1)OCc1ccccc1. The minimum atomic E-state index is -0.757. The van der Waals surface area contributed by atoms with Gasteiger partial charge in [-0.2, -0.15) is 0 Å². The van der Waals surface area contributed by atoms with Crippen LogP contribution in [0.25, 0.3) is 0 Å². The molecule has 1 saturated heterocycles. The van der Waals surface area contributed by atoms with Gasteiger partial charge < -0.3 is 19.5 Å². The van der Waals surface area contributed by atoms with Gasteiger partial charge in [0.05, 0.1) is 13.2 Å². The lowest BCUT2D eigenvalue weighted by Gasteiger charge is -2.37. The van der Waals surface area contributed by atoms with Gasteiger partial charge in [-0.3, -0.25) is 0 Å². The summed E-state index contributed by atoms with van der Waals surface area (Å²) in [4.78, 5) is 12.3. The molecule has 1 aliphatic heterocycles. The number of hydrogen-bond donors (Lipinski definition) is 1. The van der Waals surface area contributed by atoms with E-state index < -0.39 is 11.6 Å². The third-order valence-corrected chi connectivity index (χ3v) is 4.34. The fourth-order valence-corrected chi connectivity index (χ4v) is 2.83. The Morgan fingerprint density at radius 2 is 1.75 bits per heavy atom. The van der Waals surface area contributed by atoms with Crippen molar-refractivity contribution < 1.29 is 19.0 Å². The number of carbonyl (C=O) groups excluding carboxylic acids is 1. The van der Waals surface area contributed by atoms with Crippen molar-refractivity contribution in [1.29, 1.82) is 0 Å². The molecule has 126 valence electrons. The molecule has 1 fully saturated rings. The molecule has 0 atom stereocenters. The summed E-state index contributed by atoms with van der Waals surface area (Å²) in [5, 5.41) is 2.91. The van der Waals surface area contributed by atoms with Crippen molar-refractivity contribution in [2.75, 3.05) is 20.0 Å². The first kappa shape index (κ1) is 17.0. The zero-order chi connectivity index (χ0) is 16.8. The maximum Gasteiger partial charge on any atom is 0.408 e. The Morgan fingerprint density at radius 1 is 1.08 bits per heavy atom. The van der Waals surface area contributed by atoms with Gasteiger partial charge in [0.2, 0.25) is 0 Å². The molecule has 0 bridgehead atoms. The van der Waals surface area contributed by atoms with Crippen molar-refractivity contribution >= 4 is 22.0 Å². The van der Waals surface area contributed by atoms with Gasteiger partial charge in [0.25, 0.3) is 0 Å². The monoisotopic (exact) mass is 391 g/mol. The van der Waals surface area contributed by atoms with E-state index in [0.29, 0.717) is 13.2 Å². The highest BCUT2D eigenvalue weighted by Gasteiger charge is 2.38. The second kappa shape index (κ2) is 7.79. The maximum atomic E-state index is 12.3. The topological polar surface area (TPSA) is 56.8 Å². The van der Waals surface area contributed by atoms with Crippen LogP contribution in [0.1, 0.15) is 11.1 Å². The van der Waals surface area contributed by atoms with Gasteiger partial charge in [0.15, 0.2) is 0 Å². The summed E-state index contributed by atoms with van der Waals surface area (Å²) in [5.74, 6) is 0. The highest BCUT2D eigenvalue weighted by Crippen LogP contribution is 2.27. The number of hydrogen-bond acceptors (Lipinski definition) is 4. The van der Waals surface area contributed by atoms with Crippen molar-refractivity contribution in [3.05, 3.63) is 70.2 Å². The fraction of sp³-hybridized carbons (Fsp3) is 0.278. The molecule has 0 unspecified atom stereocenters. The van der Waals surface area contributed by atoms with Crippen LogP contribution in [0.4, 0.5) is 4.79 Å². The zero-order valence-corrected chi connectivity index (χ0v) is 14.6. The number of benzene rings is 2. The Balaban J connectivity index is 1.70. The highest BCUT2D eigenvalue weighted by atomic mass is 79.9. The van der Waals surface area contributed by atoms with Crippen LogP contribution in [0, 0.1) is 0 Å². The molecule has 24 heavy (non-hydrogen) atoms. The average molecular weight is 392 g/mol. The van der Waals surface area contributed by atoms with Gasteiger partial charge in [-0.1, -0.05) is 58.4 Å². The molecule has 1 aliphatic rings. The fourth-order valence-electron chi connectivity index (χ4n) is 2.57. The zero-order valence-electron chi connectivity index (χ0n) is 13.0. The Hall–Kier alpha value is -1.89. The molecule has 0 aliphatic carbocycles. The lowest BCUT2D eigenvalue weighted by atomic mass is 9.91. The average Bonchev–Trinajstić information content (AvgIpc) is 2.62. The molecule has 0 spiro atoms. The molecule has 2 aromatic carbocycles. The van der Waals surface area contributed by atoms with E-state index in [1.807, 2.05) is 54.6 Å². The van der Waals surface area contributed by atoms with Crippen LogP contribution in [0.2, 0.25) is 0 Å². The third-order valence-electron chi connectivity index (χ3n) is 3.81. The van der Waals surface area contributed by atoms with Gasteiger partial charge in [0.1, 0.15) is 18.9 Å². The van der Waals surface area contributed by atoms with Gasteiger partial charge in [0, 0.05) is 4.47 Å². The second-order valence-electron chi connectivity index (χ2n) is 5.59. The number of rotatable bonds is 4. The van der Waals surface area contributed by atoms with Crippen LogP contribution in [0.3, 0.4) is 0 Å². The van der Waals surface area contributed by atoms with E-state index in [0.717, 1.165) is 15.6 Å². The van der Waals surface area contributed by atoms with Crippen molar-refractivity contribution in [3.63, 3.8) is 0 Å². The molecule has 1 N–H and O–H groups in total. The third kappa shape index (κ3) is 4.14. The van der Waals surface area contributed by atoms with Crippen molar-refractivity contribution in [1.82, 2.24) is 5.32 Å². The molecular weight excluding hydrogens is 374 g/mol. The van der Waals surface area contributed by atoms with Crippen LogP contribution in [0.15, 0.2) is 59.1 Å². The molecule has 1 amide bonds. The lowest BCUT2D eigenvalue weighted by molar-refractivity contribution is -0.144. The number of alkyl carbamates (subject to hydrolysis) is 1. The van der Waals surface area contributed by atoms with Gasteiger partial charge in [-0.25, -0.2) is 4.79 Å². The van der Waals surface area contributed by atoms with Crippen molar-refractivity contribution in [2.45, 2.75) is 12.1 Å². The smallest absolute Gasteiger partial charge is 0.408 e. The summed E-state index contributed by atoms with van der Waals surface area (Å²) < 4.78 is 17.2. The first-order valence-electron chi connectivity index (χ1n) is 7.58. The van der Waals surface area contributed by atoms with Crippen LogP contribution < -0.4 is 5.32 Å². The Bertz CT molecular complexity index is 669. The second-order valence-corrected chi connectivity index (χ2v) is 6.51. The van der Waals surface area contributed by atoms with Gasteiger partial charge in [-0.15, -0.1) is 0 Å². The van der Waals surface area contributed by atoms with Crippen LogP contribution in [0.5, 0.6) is 0 Å². The summed E-state index contributed by atoms with van der Waals surface area (Å²) in [6.45, 7) is 1.09. The molecule has 0 saturated carbocycles. The maximum absolute atomic E-state index is 12.3. The minimum Gasteiger partial charge on any atom is -0.445 e. The summed E-state index contributed by atoms with van der Waals surface area (Å²) in [6.07, 6.45) is -0.504. The largest absolute Gasteiger partial charge is 0.445 e. The van der Waals surface area contributed by atoms with Crippen LogP contribution >= 0.6 is 15.9 Å². The van der Waals surface area contributed by atoms with Crippen LogP contribution in [-0.2, 0) is 26.4 Å². The summed E-state index contributed by atoms with van der Waals surface area (Å²) >= 11 is 3.41. The standard InChI is InChI=1S/C18H18BrNO4/c19-16-8-6-15(7-9-16)18(11-22-13-23-12-18)20-17(21)24-10-14-4-2-1-3-5-14/h1-9H,10-13H2,(H,20,21). The summed E-state index contributed by atoms with van der Waals surface area (Å²) in [6, 6.07) is 17.2. The summed E-state index contributed by atoms with van der Waals surface area (Å²) in [5.41, 5.74) is 1.08. The quantitative estimate of drug-likeness (QED) is 0.865. The predicted molar refractivity (Wildman–Crippen MR) is 92.4 cm³/mol. The summed E-state index contributed by atoms with van der Waals surface area (Å²) in [7, 11) is 0. The Kier molecular flexibility index (Phi) is 5.50. The number of ether oxygens (including phenoxy) is 3. The van der Waals surface area contributed by atoms with Crippen molar-refractivity contribution in [3.8, 4) is 0 Å². The van der Waals surface area contributed by atoms with E-state index in [2.05, 4.69) is 21.2 Å². The minimum absolute atomic E-state index is 0.213. The lowest BCUT2D eigenvalue weighted by Crippen LogP contribution is -2.55. The molecular formula is C18H18BrNO4. The van der Waals surface area contributed by atoms with E-state index in [4.69, 9.17) is 14.2 Å². The number of nitrogens with one attached hydrogen (secondary N) is 1. The Morgan fingerprint density at radius 3 is 2.42 bits per heavy atom. The Labute approximate surface area is 149 Å². The van der Waals surface area contributed by atoms with Gasteiger partial charge >= 0.3 is 6.09 Å². The molecule has 6 heteroatoms. The van der Waals surface area contributed by atoms with E-state index >= 15 is 0 Å². The van der Waals surface area contributed by atoms with E-state index in [-0.39, 0.29) is 13.4 Å². The number of carbonyl (C=O) groups is 1.